The number of hydrogen-bond acceptors (Lipinski definition) is 3. The summed E-state index contributed by atoms with van der Waals surface area (Å²) in [5.41, 5.74) is 0.696. The number of rotatable bonds is 0. The van der Waals surface area contributed by atoms with Gasteiger partial charge in [-0.25, -0.2) is 0 Å². The van der Waals surface area contributed by atoms with Crippen molar-refractivity contribution in [1.29, 1.82) is 0 Å². The van der Waals surface area contributed by atoms with E-state index in [1.54, 1.807) is 0 Å². The van der Waals surface area contributed by atoms with Gasteiger partial charge in [-0.1, -0.05) is 6.58 Å². The Labute approximate surface area is 88.3 Å². The molecule has 2 saturated heterocycles. The van der Waals surface area contributed by atoms with Gasteiger partial charge in [0.2, 0.25) is 5.91 Å². The van der Waals surface area contributed by atoms with Gasteiger partial charge in [0.05, 0.1) is 12.1 Å². The first-order valence-corrected chi connectivity index (χ1v) is 5.35. The number of carbonyl (C=O) groups is 2. The molecule has 1 N–H and O–H groups in total. The van der Waals surface area contributed by atoms with Crippen molar-refractivity contribution in [3.63, 3.8) is 0 Å². The van der Waals surface area contributed by atoms with E-state index in [0.29, 0.717) is 17.9 Å². The van der Waals surface area contributed by atoms with Crippen LogP contribution >= 0.6 is 0 Å². The predicted octanol–water partition coefficient (Wildman–Crippen LogP) is -0.0922. The van der Waals surface area contributed by atoms with Crippen LogP contribution in [-0.2, 0) is 9.59 Å². The summed E-state index contributed by atoms with van der Waals surface area (Å²) in [5, 5.41) is 2.79. The molecule has 1 aliphatic carbocycles. The maximum atomic E-state index is 11.8. The molecular weight excluding hydrogens is 192 g/mol. The molecule has 0 aromatic rings. The first kappa shape index (κ1) is 9.09. The second kappa shape index (κ2) is 2.70. The number of piperazine rings is 1. The highest BCUT2D eigenvalue weighted by molar-refractivity contribution is 5.92. The van der Waals surface area contributed by atoms with Gasteiger partial charge < -0.3 is 5.32 Å². The third-order valence-corrected chi connectivity index (χ3v) is 4.09. The Bertz CT molecular complexity index is 377. The Balaban J connectivity index is 2.08. The van der Waals surface area contributed by atoms with Gasteiger partial charge in [-0.05, 0) is 19.4 Å². The van der Waals surface area contributed by atoms with Gasteiger partial charge >= 0.3 is 0 Å². The molecule has 1 saturated carbocycles. The molecule has 0 radical (unpaired) electrons. The lowest BCUT2D eigenvalue weighted by molar-refractivity contribution is -0.127. The standard InChI is InChI=1S/C11H14N2O2/c1-5-9-8-6(3-4-7(8)14)10(13(9)2)11(15)12-5/h6,8-10H,1,3-4H2,2H3,(H,12,15)/t6-,8-,9+,10+/m1/s1. The molecule has 0 aromatic heterocycles. The van der Waals surface area contributed by atoms with Crippen molar-refractivity contribution >= 4 is 11.7 Å². The Morgan fingerprint density at radius 3 is 2.87 bits per heavy atom. The van der Waals surface area contributed by atoms with Gasteiger partial charge in [0.25, 0.3) is 0 Å². The third-order valence-electron chi connectivity index (χ3n) is 4.09. The Morgan fingerprint density at radius 2 is 2.13 bits per heavy atom. The van der Waals surface area contributed by atoms with E-state index in [1.807, 2.05) is 11.9 Å². The zero-order valence-electron chi connectivity index (χ0n) is 8.69. The maximum Gasteiger partial charge on any atom is 0.241 e. The van der Waals surface area contributed by atoms with Crippen LogP contribution in [0.1, 0.15) is 12.8 Å². The SMILES string of the molecule is C=C1NC(=O)[C@@H]2[C@@H]3CCC(=O)[C@@H]3[C@H]1N2C. The molecular formula is C11H14N2O2. The molecule has 4 atom stereocenters. The zero-order chi connectivity index (χ0) is 10.7. The van der Waals surface area contributed by atoms with Crippen molar-refractivity contribution < 1.29 is 9.59 Å². The fraction of sp³-hybridized carbons (Fsp3) is 0.636. The fourth-order valence-corrected chi connectivity index (χ4v) is 3.53. The number of Topliss-reactive ketones (excluding diaryl/α,β-unsaturated/α-hetero) is 1. The molecule has 2 bridgehead atoms. The van der Waals surface area contributed by atoms with Crippen molar-refractivity contribution in [3.05, 3.63) is 12.3 Å². The summed E-state index contributed by atoms with van der Waals surface area (Å²) < 4.78 is 0. The summed E-state index contributed by atoms with van der Waals surface area (Å²) in [6.07, 6.45) is 1.49. The highest BCUT2D eigenvalue weighted by Gasteiger charge is 2.58. The number of hydrogen-bond donors (Lipinski definition) is 1. The molecule has 0 spiro atoms. The predicted molar refractivity (Wildman–Crippen MR) is 53.8 cm³/mol. The quantitative estimate of drug-likeness (QED) is 0.602. The molecule has 2 aliphatic heterocycles. The molecule has 0 unspecified atom stereocenters. The molecule has 2 heterocycles. The van der Waals surface area contributed by atoms with Crippen molar-refractivity contribution in [3.8, 4) is 0 Å². The van der Waals surface area contributed by atoms with E-state index < -0.39 is 0 Å². The van der Waals surface area contributed by atoms with Crippen LogP contribution in [0.3, 0.4) is 0 Å². The molecule has 3 rings (SSSR count). The largest absolute Gasteiger partial charge is 0.327 e. The van der Waals surface area contributed by atoms with E-state index in [9.17, 15) is 9.59 Å². The lowest BCUT2D eigenvalue weighted by Crippen LogP contribution is -2.53. The zero-order valence-corrected chi connectivity index (χ0v) is 8.69. The number of ketones is 1. The van der Waals surface area contributed by atoms with Crippen LogP contribution in [0.25, 0.3) is 0 Å². The van der Waals surface area contributed by atoms with Crippen LogP contribution < -0.4 is 5.32 Å². The van der Waals surface area contributed by atoms with E-state index in [4.69, 9.17) is 0 Å². The molecule has 3 aliphatic rings. The number of nitrogens with zero attached hydrogens (tertiary/aromatic N) is 1. The molecule has 80 valence electrons. The summed E-state index contributed by atoms with van der Waals surface area (Å²) in [6, 6.07) is -0.0790. The average Bonchev–Trinajstić information content (AvgIpc) is 2.59. The highest BCUT2D eigenvalue weighted by atomic mass is 16.2. The van der Waals surface area contributed by atoms with Gasteiger partial charge in [-0.2, -0.15) is 0 Å². The van der Waals surface area contributed by atoms with Gasteiger partial charge in [-0.3, -0.25) is 14.5 Å². The molecule has 15 heavy (non-hydrogen) atoms. The number of likely N-dealkylation sites (N-methyl/N-ethyl adjacent to an activating group) is 1. The third kappa shape index (κ3) is 0.951. The average molecular weight is 206 g/mol. The number of amides is 1. The normalized spacial score (nSPS) is 44.5. The van der Waals surface area contributed by atoms with Crippen molar-refractivity contribution in [2.75, 3.05) is 7.05 Å². The summed E-state index contributed by atoms with van der Waals surface area (Å²) in [6.45, 7) is 3.86. The van der Waals surface area contributed by atoms with Crippen LogP contribution in [-0.4, -0.2) is 35.7 Å². The smallest absolute Gasteiger partial charge is 0.241 e. The maximum absolute atomic E-state index is 11.8. The Hall–Kier alpha value is -1.16. The number of carbonyl (C=O) groups excluding carboxylic acids is 2. The Kier molecular flexibility index (Phi) is 1.63. The van der Waals surface area contributed by atoms with Crippen LogP contribution in [0.15, 0.2) is 12.3 Å². The monoisotopic (exact) mass is 206 g/mol. The highest BCUT2D eigenvalue weighted by Crippen LogP contribution is 2.47. The van der Waals surface area contributed by atoms with E-state index >= 15 is 0 Å². The summed E-state index contributed by atoms with van der Waals surface area (Å²) in [5.74, 6) is 0.538. The lowest BCUT2D eigenvalue weighted by atomic mass is 9.90. The molecule has 1 amide bonds. The van der Waals surface area contributed by atoms with Crippen LogP contribution in [0, 0.1) is 11.8 Å². The minimum Gasteiger partial charge on any atom is -0.327 e. The minimum atomic E-state index is -0.114. The summed E-state index contributed by atoms with van der Waals surface area (Å²) in [4.78, 5) is 25.6. The lowest BCUT2D eigenvalue weighted by Gasteiger charge is -2.34. The van der Waals surface area contributed by atoms with Gasteiger partial charge in [-0.15, -0.1) is 0 Å². The van der Waals surface area contributed by atoms with Crippen LogP contribution in [0.5, 0.6) is 0 Å². The second-order valence-electron chi connectivity index (χ2n) is 4.76. The van der Waals surface area contributed by atoms with Crippen molar-refractivity contribution in [2.24, 2.45) is 11.8 Å². The molecule has 4 heteroatoms. The fourth-order valence-electron chi connectivity index (χ4n) is 3.53. The van der Waals surface area contributed by atoms with E-state index in [0.717, 1.165) is 6.42 Å². The number of fused-ring (bicyclic) bond motifs is 5. The topological polar surface area (TPSA) is 49.4 Å². The second-order valence-corrected chi connectivity index (χ2v) is 4.76. The van der Waals surface area contributed by atoms with Gasteiger partial charge in [0.1, 0.15) is 5.78 Å². The van der Waals surface area contributed by atoms with Gasteiger partial charge in [0, 0.05) is 18.0 Å². The summed E-state index contributed by atoms with van der Waals surface area (Å²) >= 11 is 0. The molecule has 0 aromatic carbocycles. The van der Waals surface area contributed by atoms with Crippen molar-refractivity contribution in [2.45, 2.75) is 24.9 Å². The van der Waals surface area contributed by atoms with Gasteiger partial charge in [0.15, 0.2) is 0 Å². The van der Waals surface area contributed by atoms with E-state index in [-0.39, 0.29) is 29.8 Å². The minimum absolute atomic E-state index is 0.00597. The first-order chi connectivity index (χ1) is 7.11. The van der Waals surface area contributed by atoms with E-state index in [1.165, 1.54) is 0 Å². The van der Waals surface area contributed by atoms with Crippen LogP contribution in [0.2, 0.25) is 0 Å². The molecule has 4 nitrogen and oxygen atoms in total. The van der Waals surface area contributed by atoms with Crippen molar-refractivity contribution in [1.82, 2.24) is 10.2 Å². The number of nitrogens with one attached hydrogen (secondary N) is 1. The van der Waals surface area contributed by atoms with E-state index in [2.05, 4.69) is 11.9 Å². The Morgan fingerprint density at radius 1 is 1.40 bits per heavy atom. The first-order valence-electron chi connectivity index (χ1n) is 5.35. The van der Waals surface area contributed by atoms with Crippen LogP contribution in [0.4, 0.5) is 0 Å². The summed E-state index contributed by atoms with van der Waals surface area (Å²) in [7, 11) is 1.92. The molecule has 3 fully saturated rings.